The van der Waals surface area contributed by atoms with Gasteiger partial charge >= 0.3 is 0 Å². The van der Waals surface area contributed by atoms with Gasteiger partial charge in [-0.15, -0.1) is 0 Å². The molecule has 0 amide bonds. The van der Waals surface area contributed by atoms with E-state index in [1.165, 1.54) is 0 Å². The number of ether oxygens (including phenoxy) is 1. The molecule has 0 saturated heterocycles. The van der Waals surface area contributed by atoms with Crippen LogP contribution in [0.1, 0.15) is 31.1 Å². The predicted molar refractivity (Wildman–Crippen MR) is 65.8 cm³/mol. The van der Waals surface area contributed by atoms with E-state index in [0.717, 1.165) is 16.9 Å². The molecule has 0 spiro atoms. The minimum Gasteiger partial charge on any atom is -0.491 e. The van der Waals surface area contributed by atoms with E-state index in [4.69, 9.17) is 4.74 Å². The van der Waals surface area contributed by atoms with Gasteiger partial charge in [-0.3, -0.25) is 0 Å². The fourth-order valence-electron chi connectivity index (χ4n) is 1.73. The van der Waals surface area contributed by atoms with Crippen LogP contribution in [0.5, 0.6) is 5.75 Å². The molecule has 16 heavy (non-hydrogen) atoms. The maximum Gasteiger partial charge on any atom is 0.125 e. The number of benzene rings is 1. The molecule has 1 atom stereocenters. The molecule has 3 heteroatoms. The number of aryl methyl sites for hydroxylation is 1. The van der Waals surface area contributed by atoms with Crippen molar-refractivity contribution in [3.63, 3.8) is 0 Å². The van der Waals surface area contributed by atoms with Crippen molar-refractivity contribution in [1.29, 1.82) is 0 Å². The molecule has 0 fully saturated rings. The molecule has 2 N–H and O–H groups in total. The van der Waals surface area contributed by atoms with Gasteiger partial charge in [0, 0.05) is 12.1 Å². The topological polar surface area (TPSA) is 41.5 Å². The molecular weight excluding hydrogens is 202 g/mol. The van der Waals surface area contributed by atoms with Crippen molar-refractivity contribution in [3.8, 4) is 5.75 Å². The Labute approximate surface area is 97.4 Å². The zero-order chi connectivity index (χ0) is 12.1. The summed E-state index contributed by atoms with van der Waals surface area (Å²) >= 11 is 0. The first kappa shape index (κ1) is 13.0. The lowest BCUT2D eigenvalue weighted by Crippen LogP contribution is -2.19. The minimum atomic E-state index is -0.528. The Hall–Kier alpha value is -1.06. The number of aliphatic hydroxyl groups is 1. The van der Waals surface area contributed by atoms with E-state index in [1.807, 2.05) is 46.0 Å². The summed E-state index contributed by atoms with van der Waals surface area (Å²) in [5, 5.41) is 13.0. The van der Waals surface area contributed by atoms with E-state index in [9.17, 15) is 5.11 Å². The number of hydrogen-bond acceptors (Lipinski definition) is 3. The number of nitrogens with one attached hydrogen (secondary N) is 1. The van der Waals surface area contributed by atoms with Gasteiger partial charge in [-0.05, 0) is 39.4 Å². The average Bonchev–Trinajstić information content (AvgIpc) is 2.16. The summed E-state index contributed by atoms with van der Waals surface area (Å²) < 4.78 is 5.71. The minimum absolute atomic E-state index is 0.113. The first-order chi connectivity index (χ1) is 7.56. The molecule has 1 aromatic carbocycles. The van der Waals surface area contributed by atoms with E-state index >= 15 is 0 Å². The maximum absolute atomic E-state index is 10.1. The molecule has 1 unspecified atom stereocenters. The highest BCUT2D eigenvalue weighted by atomic mass is 16.5. The van der Waals surface area contributed by atoms with Gasteiger partial charge in [0.05, 0.1) is 12.2 Å². The van der Waals surface area contributed by atoms with Crippen molar-refractivity contribution < 1.29 is 9.84 Å². The van der Waals surface area contributed by atoms with Gasteiger partial charge in [0.1, 0.15) is 5.75 Å². The third-order valence-electron chi connectivity index (χ3n) is 2.38. The van der Waals surface area contributed by atoms with Gasteiger partial charge in [-0.25, -0.2) is 0 Å². The van der Waals surface area contributed by atoms with Gasteiger partial charge in [0.2, 0.25) is 0 Å². The lowest BCUT2D eigenvalue weighted by Gasteiger charge is -2.20. The first-order valence-corrected chi connectivity index (χ1v) is 5.65. The molecular formula is C13H21NO2. The van der Waals surface area contributed by atoms with E-state index in [2.05, 4.69) is 5.32 Å². The summed E-state index contributed by atoms with van der Waals surface area (Å²) in [6, 6.07) is 5.84. The van der Waals surface area contributed by atoms with Crippen molar-refractivity contribution in [2.75, 3.05) is 13.6 Å². The number of hydrogen-bond donors (Lipinski definition) is 2. The van der Waals surface area contributed by atoms with Crippen LogP contribution in [-0.2, 0) is 0 Å². The zero-order valence-electron chi connectivity index (χ0n) is 10.4. The summed E-state index contributed by atoms with van der Waals surface area (Å²) in [6.45, 7) is 6.48. The molecule has 0 heterocycles. The number of aliphatic hydroxyl groups excluding tert-OH is 1. The Bertz CT molecular complexity index is 337. The standard InChI is InChI=1S/C13H21NO2/c1-9(2)16-12-7-5-6-10(3)13(12)11(15)8-14-4/h5-7,9,11,14-15H,8H2,1-4H3. The quantitative estimate of drug-likeness (QED) is 0.802. The summed E-state index contributed by atoms with van der Waals surface area (Å²) in [7, 11) is 1.82. The molecule has 0 aliphatic rings. The van der Waals surface area contributed by atoms with Crippen LogP contribution in [0, 0.1) is 6.92 Å². The van der Waals surface area contributed by atoms with Crippen molar-refractivity contribution >= 4 is 0 Å². The fraction of sp³-hybridized carbons (Fsp3) is 0.538. The van der Waals surface area contributed by atoms with E-state index < -0.39 is 6.10 Å². The van der Waals surface area contributed by atoms with Crippen molar-refractivity contribution in [3.05, 3.63) is 29.3 Å². The molecule has 90 valence electrons. The average molecular weight is 223 g/mol. The molecule has 0 aliphatic heterocycles. The monoisotopic (exact) mass is 223 g/mol. The highest BCUT2D eigenvalue weighted by Crippen LogP contribution is 2.29. The fourth-order valence-corrected chi connectivity index (χ4v) is 1.73. The Morgan fingerprint density at radius 1 is 1.38 bits per heavy atom. The normalized spacial score (nSPS) is 12.9. The maximum atomic E-state index is 10.1. The van der Waals surface area contributed by atoms with Crippen molar-refractivity contribution in [2.45, 2.75) is 33.0 Å². The Kier molecular flexibility index (Phi) is 4.77. The zero-order valence-corrected chi connectivity index (χ0v) is 10.4. The Morgan fingerprint density at radius 3 is 2.62 bits per heavy atom. The second-order valence-electron chi connectivity index (χ2n) is 4.23. The first-order valence-electron chi connectivity index (χ1n) is 5.65. The van der Waals surface area contributed by atoms with Gasteiger partial charge in [0.15, 0.2) is 0 Å². The Balaban J connectivity index is 3.02. The third kappa shape index (κ3) is 3.22. The van der Waals surface area contributed by atoms with Crippen molar-refractivity contribution in [1.82, 2.24) is 5.32 Å². The lowest BCUT2D eigenvalue weighted by atomic mass is 10.0. The van der Waals surface area contributed by atoms with Crippen LogP contribution in [0.4, 0.5) is 0 Å². The molecule has 0 saturated carbocycles. The van der Waals surface area contributed by atoms with Crippen LogP contribution < -0.4 is 10.1 Å². The smallest absolute Gasteiger partial charge is 0.125 e. The molecule has 0 aromatic heterocycles. The highest BCUT2D eigenvalue weighted by molar-refractivity contribution is 5.41. The van der Waals surface area contributed by atoms with Crippen LogP contribution in [0.3, 0.4) is 0 Å². The SMILES string of the molecule is CNCC(O)c1c(C)cccc1OC(C)C. The molecule has 0 aliphatic carbocycles. The number of likely N-dealkylation sites (N-methyl/N-ethyl adjacent to an activating group) is 1. The largest absolute Gasteiger partial charge is 0.491 e. The second-order valence-corrected chi connectivity index (χ2v) is 4.23. The van der Waals surface area contributed by atoms with E-state index in [-0.39, 0.29) is 6.10 Å². The van der Waals surface area contributed by atoms with Gasteiger partial charge in [0.25, 0.3) is 0 Å². The van der Waals surface area contributed by atoms with Crippen LogP contribution in [0.2, 0.25) is 0 Å². The van der Waals surface area contributed by atoms with E-state index in [0.29, 0.717) is 6.54 Å². The summed E-state index contributed by atoms with van der Waals surface area (Å²) in [6.07, 6.45) is -0.415. The van der Waals surface area contributed by atoms with Crippen LogP contribution in [-0.4, -0.2) is 24.8 Å². The summed E-state index contributed by atoms with van der Waals surface area (Å²) in [4.78, 5) is 0. The summed E-state index contributed by atoms with van der Waals surface area (Å²) in [5.41, 5.74) is 1.94. The summed E-state index contributed by atoms with van der Waals surface area (Å²) in [5.74, 6) is 0.776. The second kappa shape index (κ2) is 5.87. The lowest BCUT2D eigenvalue weighted by molar-refractivity contribution is 0.165. The van der Waals surface area contributed by atoms with Gasteiger partial charge < -0.3 is 15.2 Å². The van der Waals surface area contributed by atoms with Crippen LogP contribution in [0.25, 0.3) is 0 Å². The molecule has 0 radical (unpaired) electrons. The molecule has 1 aromatic rings. The molecule has 0 bridgehead atoms. The highest BCUT2D eigenvalue weighted by Gasteiger charge is 2.15. The third-order valence-corrected chi connectivity index (χ3v) is 2.38. The van der Waals surface area contributed by atoms with Gasteiger partial charge in [-0.2, -0.15) is 0 Å². The number of rotatable bonds is 5. The van der Waals surface area contributed by atoms with Gasteiger partial charge in [-0.1, -0.05) is 12.1 Å². The molecule has 3 nitrogen and oxygen atoms in total. The van der Waals surface area contributed by atoms with Crippen molar-refractivity contribution in [2.24, 2.45) is 0 Å². The van der Waals surface area contributed by atoms with E-state index in [1.54, 1.807) is 0 Å². The molecule has 1 rings (SSSR count). The van der Waals surface area contributed by atoms with Crippen LogP contribution in [0.15, 0.2) is 18.2 Å². The predicted octanol–water partition coefficient (Wildman–Crippen LogP) is 2.04. The Morgan fingerprint density at radius 2 is 2.06 bits per heavy atom. The van der Waals surface area contributed by atoms with Crippen LogP contribution >= 0.6 is 0 Å².